The number of carbonyl (C=O) groups excluding carboxylic acids is 3. The van der Waals surface area contributed by atoms with E-state index in [2.05, 4.69) is 24.1 Å². The van der Waals surface area contributed by atoms with E-state index in [1.807, 2.05) is 24.3 Å². The number of fused-ring (bicyclic) bond motifs is 2. The molecule has 0 bridgehead atoms. The maximum Gasteiger partial charge on any atom is 0.308 e. The highest BCUT2D eigenvalue weighted by atomic mass is 35.5. The van der Waals surface area contributed by atoms with E-state index in [0.717, 1.165) is 47.4 Å². The molecule has 244 valence electrons. The summed E-state index contributed by atoms with van der Waals surface area (Å²) in [5.41, 5.74) is 2.51. The van der Waals surface area contributed by atoms with Crippen LogP contribution in [0.2, 0.25) is 5.02 Å². The highest BCUT2D eigenvalue weighted by Crippen LogP contribution is 2.54. The molecule has 2 aliphatic rings. The lowest BCUT2D eigenvalue weighted by Gasteiger charge is -2.31. The molecule has 15 heteroatoms. The SMILES string of the molecule is CCN(CC)c1ccc([C@H]2c3sc(=O)n(CC(=O)Nc4ccc(S(N)(=O)=O)cc4)c3SC3C(=O)N(c4ccc(Cl)cc4)C(=O)C32)cc1. The van der Waals surface area contributed by atoms with Gasteiger partial charge in [0.15, 0.2) is 0 Å². The van der Waals surface area contributed by atoms with E-state index in [9.17, 15) is 27.6 Å². The molecule has 3 amide bonds. The standard InChI is InChI=1S/C32H30ClN5O6S3/c1-3-36(4-2)21-11-5-18(6-12-21)25-26-27(30(41)38(29(26)40)22-13-7-19(33)8-14-22)45-31-28(25)46-32(42)37(31)17-24(39)35-20-9-15-23(16-10-20)47(34,43)44/h5-16,25-27H,3-4,17H2,1-2H3,(H,35,39)(H2,34,43,44)/t25-,26?,27?/m1/s1. The third kappa shape index (κ3) is 6.23. The molecular formula is C32H30ClN5O6S3. The van der Waals surface area contributed by atoms with Crippen molar-refractivity contribution in [2.24, 2.45) is 11.1 Å². The Bertz CT molecular complexity index is 2020. The summed E-state index contributed by atoms with van der Waals surface area (Å²) in [6.07, 6.45) is 0. The molecule has 3 heterocycles. The maximum atomic E-state index is 14.1. The zero-order valence-electron chi connectivity index (χ0n) is 25.3. The highest BCUT2D eigenvalue weighted by Gasteiger charge is 2.56. The predicted octanol–water partition coefficient (Wildman–Crippen LogP) is 4.49. The fourth-order valence-corrected chi connectivity index (χ4v) is 9.43. The van der Waals surface area contributed by atoms with E-state index in [0.29, 0.717) is 26.3 Å². The molecule has 0 radical (unpaired) electrons. The molecule has 47 heavy (non-hydrogen) atoms. The maximum absolute atomic E-state index is 14.1. The van der Waals surface area contributed by atoms with Gasteiger partial charge in [-0.15, -0.1) is 0 Å². The number of imide groups is 1. The summed E-state index contributed by atoms with van der Waals surface area (Å²) in [7, 11) is -3.90. The first-order chi connectivity index (χ1) is 22.4. The third-order valence-electron chi connectivity index (χ3n) is 8.28. The summed E-state index contributed by atoms with van der Waals surface area (Å²) in [6, 6.07) is 19.6. The third-order valence-corrected chi connectivity index (χ3v) is 12.1. The Morgan fingerprint density at radius 1 is 0.936 bits per heavy atom. The number of carbonyl (C=O) groups is 3. The number of primary sulfonamides is 1. The van der Waals surface area contributed by atoms with E-state index in [1.165, 1.54) is 33.7 Å². The number of nitrogens with two attached hydrogens (primary N) is 1. The van der Waals surface area contributed by atoms with Gasteiger partial charge in [0.25, 0.3) is 0 Å². The van der Waals surface area contributed by atoms with E-state index in [1.54, 1.807) is 24.3 Å². The molecule has 3 aromatic carbocycles. The molecule has 6 rings (SSSR count). The molecule has 0 saturated carbocycles. The number of sulfonamides is 1. The number of halogens is 1. The van der Waals surface area contributed by atoms with Crippen molar-refractivity contribution in [2.45, 2.75) is 41.5 Å². The first-order valence-electron chi connectivity index (χ1n) is 14.7. The van der Waals surface area contributed by atoms with Crippen molar-refractivity contribution < 1.29 is 22.8 Å². The van der Waals surface area contributed by atoms with Gasteiger partial charge >= 0.3 is 4.87 Å². The van der Waals surface area contributed by atoms with Crippen LogP contribution in [0.4, 0.5) is 17.1 Å². The number of hydrogen-bond donors (Lipinski definition) is 2. The van der Waals surface area contributed by atoms with E-state index in [4.69, 9.17) is 16.7 Å². The zero-order valence-corrected chi connectivity index (χ0v) is 28.5. The van der Waals surface area contributed by atoms with Gasteiger partial charge < -0.3 is 10.2 Å². The van der Waals surface area contributed by atoms with Crippen LogP contribution in [0.25, 0.3) is 0 Å². The number of nitrogens with one attached hydrogen (secondary N) is 1. The summed E-state index contributed by atoms with van der Waals surface area (Å²) in [5.74, 6) is -2.70. The topological polar surface area (TPSA) is 152 Å². The average Bonchev–Trinajstić information content (AvgIpc) is 3.48. The van der Waals surface area contributed by atoms with Gasteiger partial charge in [0.2, 0.25) is 27.7 Å². The molecule has 3 atom stereocenters. The van der Waals surface area contributed by atoms with Crippen molar-refractivity contribution in [3.8, 4) is 0 Å². The number of rotatable bonds is 9. The van der Waals surface area contributed by atoms with Crippen molar-refractivity contribution in [2.75, 3.05) is 28.2 Å². The molecule has 0 aliphatic carbocycles. The van der Waals surface area contributed by atoms with E-state index < -0.39 is 43.8 Å². The van der Waals surface area contributed by atoms with Crippen LogP contribution in [0.5, 0.6) is 0 Å². The van der Waals surface area contributed by atoms with Gasteiger partial charge in [0.1, 0.15) is 11.8 Å². The second-order valence-electron chi connectivity index (χ2n) is 11.0. The van der Waals surface area contributed by atoms with Gasteiger partial charge in [-0.2, -0.15) is 0 Å². The number of thiazole rings is 1. The van der Waals surface area contributed by atoms with Gasteiger partial charge in [-0.05, 0) is 80.1 Å². The van der Waals surface area contributed by atoms with Gasteiger partial charge in [-0.1, -0.05) is 46.8 Å². The Morgan fingerprint density at radius 3 is 2.17 bits per heavy atom. The summed E-state index contributed by atoms with van der Waals surface area (Å²) in [6.45, 7) is 5.41. The summed E-state index contributed by atoms with van der Waals surface area (Å²) >= 11 is 8.16. The monoisotopic (exact) mass is 711 g/mol. The van der Waals surface area contributed by atoms with Crippen LogP contribution in [0.3, 0.4) is 0 Å². The molecule has 2 aliphatic heterocycles. The van der Waals surface area contributed by atoms with E-state index >= 15 is 0 Å². The first-order valence-corrected chi connectivity index (χ1v) is 18.3. The van der Waals surface area contributed by atoms with Crippen LogP contribution in [-0.4, -0.2) is 49.0 Å². The van der Waals surface area contributed by atoms with Crippen molar-refractivity contribution in [3.63, 3.8) is 0 Å². The number of hydrogen-bond acceptors (Lipinski definition) is 9. The fraction of sp³-hybridized carbons (Fsp3) is 0.250. The number of thioether (sulfide) groups is 1. The van der Waals surface area contributed by atoms with Crippen LogP contribution in [-0.2, 0) is 31.0 Å². The number of amides is 3. The van der Waals surface area contributed by atoms with Gasteiger partial charge in [0.05, 0.1) is 21.5 Å². The highest BCUT2D eigenvalue weighted by molar-refractivity contribution is 8.00. The van der Waals surface area contributed by atoms with Crippen LogP contribution >= 0.6 is 34.7 Å². The Kier molecular flexibility index (Phi) is 9.06. The second-order valence-corrected chi connectivity index (χ2v) is 15.2. The minimum Gasteiger partial charge on any atom is -0.372 e. The van der Waals surface area contributed by atoms with Crippen LogP contribution in [0.15, 0.2) is 87.5 Å². The van der Waals surface area contributed by atoms with Gasteiger partial charge in [0, 0.05) is 40.3 Å². The van der Waals surface area contributed by atoms with Crippen LogP contribution in [0, 0.1) is 5.92 Å². The second kappa shape index (κ2) is 12.9. The van der Waals surface area contributed by atoms with Gasteiger partial charge in [-0.25, -0.2) is 18.5 Å². The molecule has 4 aromatic rings. The predicted molar refractivity (Wildman–Crippen MR) is 184 cm³/mol. The van der Waals surface area contributed by atoms with Crippen molar-refractivity contribution in [1.82, 2.24) is 4.57 Å². The van der Waals surface area contributed by atoms with Crippen molar-refractivity contribution >= 4 is 79.5 Å². The number of anilines is 3. The fourth-order valence-electron chi connectivity index (χ4n) is 6.01. The number of nitrogens with zero attached hydrogens (tertiary/aromatic N) is 3. The molecule has 1 aromatic heterocycles. The van der Waals surface area contributed by atoms with Gasteiger partial charge in [-0.3, -0.25) is 23.7 Å². The van der Waals surface area contributed by atoms with Crippen LogP contribution < -0.4 is 25.1 Å². The lowest BCUT2D eigenvalue weighted by molar-refractivity contribution is -0.122. The lowest BCUT2D eigenvalue weighted by atomic mass is 9.83. The van der Waals surface area contributed by atoms with Crippen molar-refractivity contribution in [3.05, 3.63) is 97.9 Å². The molecular weight excluding hydrogens is 682 g/mol. The lowest BCUT2D eigenvalue weighted by Crippen LogP contribution is -2.33. The Labute approximate surface area is 284 Å². The zero-order chi connectivity index (χ0) is 33.6. The average molecular weight is 712 g/mol. The smallest absolute Gasteiger partial charge is 0.308 e. The van der Waals surface area contributed by atoms with Crippen LogP contribution in [0.1, 0.15) is 30.2 Å². The normalized spacial score (nSPS) is 19.0. The minimum atomic E-state index is -3.90. The van der Waals surface area contributed by atoms with Crippen molar-refractivity contribution in [1.29, 1.82) is 0 Å². The summed E-state index contributed by atoms with van der Waals surface area (Å²) in [5, 5.41) is 7.92. The Balaban J connectivity index is 1.38. The molecule has 2 unspecified atom stereocenters. The van der Waals surface area contributed by atoms with E-state index in [-0.39, 0.29) is 17.3 Å². The summed E-state index contributed by atoms with van der Waals surface area (Å²) < 4.78 is 24.5. The first kappa shape index (κ1) is 33.0. The molecule has 11 nitrogen and oxygen atoms in total. The Hall–Kier alpha value is -3.95. The molecule has 0 spiro atoms. The minimum absolute atomic E-state index is 0.107. The molecule has 3 N–H and O–H groups in total. The summed E-state index contributed by atoms with van der Waals surface area (Å²) in [4.78, 5) is 58.2. The molecule has 1 fully saturated rings. The largest absolute Gasteiger partial charge is 0.372 e. The number of aromatic nitrogens is 1. The Morgan fingerprint density at radius 2 is 1.57 bits per heavy atom. The molecule has 1 saturated heterocycles. The number of benzene rings is 3. The quantitative estimate of drug-likeness (QED) is 0.241.